The molecule has 4 rings (SSSR count). The van der Waals surface area contributed by atoms with E-state index in [-0.39, 0.29) is 0 Å². The Morgan fingerprint density at radius 1 is 0.559 bits per heavy atom. The molecule has 34 heavy (non-hydrogen) atoms. The Hall–Kier alpha value is -2.82. The van der Waals surface area contributed by atoms with Crippen LogP contribution < -0.4 is 18.6 Å². The van der Waals surface area contributed by atoms with Gasteiger partial charge >= 0.3 is 0 Å². The smallest absolute Gasteiger partial charge is 0.156 e. The Balaban J connectivity index is 0.000000588. The molecule has 6 nitrogen and oxygen atoms in total. The lowest BCUT2D eigenvalue weighted by atomic mass is 10.4. The highest BCUT2D eigenvalue weighted by Gasteiger charge is 2.30. The van der Waals surface area contributed by atoms with Gasteiger partial charge < -0.3 is 0 Å². The Morgan fingerprint density at radius 3 is 1.12 bits per heavy atom. The number of hydrogen-bond donors (Lipinski definition) is 2. The Morgan fingerprint density at radius 2 is 0.824 bits per heavy atom. The summed E-state index contributed by atoms with van der Waals surface area (Å²) in [5.41, 5.74) is 0. The van der Waals surface area contributed by atoms with E-state index in [1.54, 1.807) is 0 Å². The zero-order valence-corrected chi connectivity index (χ0v) is 20.3. The van der Waals surface area contributed by atoms with Crippen molar-refractivity contribution in [1.29, 1.82) is 9.56 Å². The van der Waals surface area contributed by atoms with Gasteiger partial charge in [0.15, 0.2) is 4.70 Å². The highest BCUT2D eigenvalue weighted by atomic mass is 35.7. The van der Waals surface area contributed by atoms with Crippen LogP contribution >= 0.6 is 0 Å². The quantitative estimate of drug-likeness (QED) is 0.310. The zero-order chi connectivity index (χ0) is 24.7. The fourth-order valence-electron chi connectivity index (χ4n) is 3.25. The first-order chi connectivity index (χ1) is 16.1. The summed E-state index contributed by atoms with van der Waals surface area (Å²) in [7, 11) is -9.50. The van der Waals surface area contributed by atoms with Gasteiger partial charge in [0, 0.05) is 9.79 Å². The number of rotatable bonds is 5. The van der Waals surface area contributed by atoms with E-state index < -0.39 is 29.5 Å². The Labute approximate surface area is 202 Å². The standard InChI is InChI=1S/C25H23N2S2.ClHO4/c26-28(22-13-5-1-6-14-22,23-15-7-2-8-16-23)21-29(27,24-17-9-3-10-18-24)25-19-11-4-12-20-25;2-1(3,4)5/h1-21,26-27H;(H,2,3,4,5)/q+1;/p-1. The number of hydrogen-bond acceptors (Lipinski definition) is 6. The molecular formula is C25H23ClN2O4S2. The van der Waals surface area contributed by atoms with Crippen LogP contribution in [0.15, 0.2) is 141 Å². The molecule has 0 bridgehead atoms. The van der Waals surface area contributed by atoms with Crippen molar-refractivity contribution in [3.8, 4) is 0 Å². The maximum atomic E-state index is 9.69. The van der Waals surface area contributed by atoms with Crippen LogP contribution in [0.25, 0.3) is 0 Å². The van der Waals surface area contributed by atoms with Crippen molar-refractivity contribution in [2.24, 2.45) is 0 Å². The average Bonchev–Trinajstić information content (AvgIpc) is 2.85. The van der Waals surface area contributed by atoms with E-state index >= 15 is 0 Å². The van der Waals surface area contributed by atoms with Gasteiger partial charge in [0.25, 0.3) is 0 Å². The molecule has 4 aromatic rings. The summed E-state index contributed by atoms with van der Waals surface area (Å²) in [4.78, 5) is 3.79. The molecule has 0 saturated heterocycles. The lowest BCUT2D eigenvalue weighted by Crippen LogP contribution is -2.68. The molecule has 0 saturated carbocycles. The van der Waals surface area contributed by atoms with Gasteiger partial charge in [0.05, 0.1) is 9.82 Å². The second kappa shape index (κ2) is 11.1. The van der Waals surface area contributed by atoms with Crippen LogP contribution in [0.2, 0.25) is 0 Å². The van der Waals surface area contributed by atoms with Crippen LogP contribution in [0.3, 0.4) is 0 Å². The third-order valence-corrected chi connectivity index (χ3v) is 11.1. The van der Waals surface area contributed by atoms with Gasteiger partial charge in [0.1, 0.15) is 9.79 Å². The summed E-state index contributed by atoms with van der Waals surface area (Å²) in [6.07, 6.45) is 0. The first kappa shape index (κ1) is 25.8. The number of halogens is 1. The van der Waals surface area contributed by atoms with Crippen molar-refractivity contribution in [2.75, 3.05) is 0 Å². The lowest BCUT2D eigenvalue weighted by Gasteiger charge is -2.19. The highest BCUT2D eigenvalue weighted by Crippen LogP contribution is 2.32. The van der Waals surface area contributed by atoms with E-state index in [1.807, 2.05) is 126 Å². The van der Waals surface area contributed by atoms with Crippen molar-refractivity contribution < 1.29 is 28.9 Å². The molecule has 9 heteroatoms. The van der Waals surface area contributed by atoms with Crippen LogP contribution in [0.1, 0.15) is 0 Å². The first-order valence-corrected chi connectivity index (χ1v) is 14.6. The van der Waals surface area contributed by atoms with Crippen molar-refractivity contribution in [2.45, 2.75) is 19.6 Å². The predicted molar refractivity (Wildman–Crippen MR) is 125 cm³/mol. The van der Waals surface area contributed by atoms with E-state index in [4.69, 9.17) is 18.6 Å². The molecule has 0 heterocycles. The van der Waals surface area contributed by atoms with E-state index in [1.165, 1.54) is 0 Å². The van der Waals surface area contributed by atoms with Gasteiger partial charge in [-0.1, -0.05) is 72.8 Å². The largest absolute Gasteiger partial charge is 0.273 e. The SMILES string of the molecule is N=S(=C[S+](=N)(c1ccccc1)c1ccccc1)(c1ccccc1)c1ccccc1.[O-][Cl+3]([O-])([O-])[O-]. The number of nitrogens with one attached hydrogen (secondary N) is 2. The minimum Gasteiger partial charge on any atom is -0.273 e. The third-order valence-electron chi connectivity index (χ3n) is 4.75. The molecule has 0 fully saturated rings. The molecular weight excluding hydrogens is 492 g/mol. The molecule has 0 aliphatic rings. The Bertz CT molecular complexity index is 1260. The summed E-state index contributed by atoms with van der Waals surface area (Å²) in [6, 6.07) is 39.9. The zero-order valence-electron chi connectivity index (χ0n) is 18.0. The lowest BCUT2D eigenvalue weighted by molar-refractivity contribution is -2.00. The second-order valence-electron chi connectivity index (χ2n) is 7.05. The molecule has 176 valence electrons. The first-order valence-electron chi connectivity index (χ1n) is 9.96. The van der Waals surface area contributed by atoms with Crippen LogP contribution in [-0.2, 0) is 19.2 Å². The van der Waals surface area contributed by atoms with E-state index in [0.717, 1.165) is 19.6 Å². The molecule has 0 aromatic heterocycles. The number of benzene rings is 4. The van der Waals surface area contributed by atoms with Gasteiger partial charge in [-0.25, -0.2) is 18.6 Å². The van der Waals surface area contributed by atoms with Crippen LogP contribution in [0.4, 0.5) is 0 Å². The predicted octanol–water partition coefficient (Wildman–Crippen LogP) is 2.06. The summed E-state index contributed by atoms with van der Waals surface area (Å²) >= 11 is 0. The summed E-state index contributed by atoms with van der Waals surface area (Å²) in [5, 5.41) is 0. The summed E-state index contributed by atoms with van der Waals surface area (Å²) in [5.74, 6) is 0. The molecule has 0 atom stereocenters. The van der Waals surface area contributed by atoms with Crippen LogP contribution in [-0.4, -0.2) is 4.70 Å². The van der Waals surface area contributed by atoms with Crippen molar-refractivity contribution in [1.82, 2.24) is 0 Å². The maximum absolute atomic E-state index is 9.69. The minimum atomic E-state index is -4.94. The van der Waals surface area contributed by atoms with Crippen molar-refractivity contribution in [3.63, 3.8) is 0 Å². The minimum absolute atomic E-state index is 0.946. The topological polar surface area (TPSA) is 140 Å². The second-order valence-corrected chi connectivity index (χ2v) is 13.1. The van der Waals surface area contributed by atoms with E-state index in [0.29, 0.717) is 0 Å². The van der Waals surface area contributed by atoms with Crippen molar-refractivity contribution in [3.05, 3.63) is 121 Å². The molecule has 0 amide bonds. The van der Waals surface area contributed by atoms with E-state index in [2.05, 4.69) is 0 Å². The molecule has 0 spiro atoms. The molecule has 0 radical (unpaired) electrons. The van der Waals surface area contributed by atoms with Gasteiger partial charge in [-0.05, 0) is 57.9 Å². The fraction of sp³-hybridized carbons (Fsp3) is 0. The van der Waals surface area contributed by atoms with Gasteiger partial charge in [0.2, 0.25) is 0 Å². The normalized spacial score (nSPS) is 11.8. The average molecular weight is 515 g/mol. The van der Waals surface area contributed by atoms with Gasteiger partial charge in [-0.2, -0.15) is 0 Å². The maximum Gasteiger partial charge on any atom is 0.156 e. The van der Waals surface area contributed by atoms with Gasteiger partial charge in [-0.3, -0.25) is 4.78 Å². The Kier molecular flexibility index (Phi) is 8.40. The van der Waals surface area contributed by atoms with Crippen molar-refractivity contribution >= 4 is 23.9 Å². The molecule has 0 aliphatic heterocycles. The van der Waals surface area contributed by atoms with E-state index in [9.17, 15) is 9.56 Å². The van der Waals surface area contributed by atoms with Gasteiger partial charge in [-0.15, -0.1) is 15.0 Å². The molecule has 0 aliphatic carbocycles. The monoisotopic (exact) mass is 514 g/mol. The van der Waals surface area contributed by atoms with Crippen LogP contribution in [0.5, 0.6) is 0 Å². The summed E-state index contributed by atoms with van der Waals surface area (Å²) in [6.45, 7) is 0. The third kappa shape index (κ3) is 6.62. The molecule has 4 aromatic carbocycles. The molecule has 2 N–H and O–H groups in total. The molecule has 0 unspecified atom stereocenters. The highest BCUT2D eigenvalue weighted by molar-refractivity contribution is 8.28. The fourth-order valence-corrected chi connectivity index (χ4v) is 9.65. The summed E-state index contributed by atoms with van der Waals surface area (Å²) < 4.78 is 55.4. The van der Waals surface area contributed by atoms with Crippen LogP contribution in [0, 0.1) is 19.8 Å².